The van der Waals surface area contributed by atoms with Crippen LogP contribution in [-0.2, 0) is 30.9 Å². The van der Waals surface area contributed by atoms with E-state index in [4.69, 9.17) is 4.55 Å². The second-order valence-corrected chi connectivity index (χ2v) is 7.38. The number of carboxylic acids is 1. The van der Waals surface area contributed by atoms with Crippen molar-refractivity contribution in [2.45, 2.75) is 45.1 Å². The fourth-order valence-electron chi connectivity index (χ4n) is 2.44. The summed E-state index contributed by atoms with van der Waals surface area (Å²) in [5.41, 5.74) is 0.555. The van der Waals surface area contributed by atoms with Gasteiger partial charge in [-0.05, 0) is 12.0 Å². The maximum Gasteiger partial charge on any atom is 0.328 e. The number of carboxylic acid groups (broad SMARTS) is 1. The van der Waals surface area contributed by atoms with Crippen molar-refractivity contribution in [3.8, 4) is 0 Å². The summed E-state index contributed by atoms with van der Waals surface area (Å²) in [6.45, 7) is 1.92. The van der Waals surface area contributed by atoms with Gasteiger partial charge in [-0.2, -0.15) is 8.42 Å². The summed E-state index contributed by atoms with van der Waals surface area (Å²) < 4.78 is 31.3. The van der Waals surface area contributed by atoms with Gasteiger partial charge in [0.05, 0.1) is 6.42 Å². The first-order chi connectivity index (χ1) is 12.2. The highest BCUT2D eigenvalue weighted by Crippen LogP contribution is 2.13. The number of rotatable bonds is 10. The maximum absolute atomic E-state index is 12.6. The molecule has 0 saturated carbocycles. The molecule has 2 amide bonds. The molecule has 1 aromatic carbocycles. The van der Waals surface area contributed by atoms with E-state index in [0.29, 0.717) is 23.3 Å². The second-order valence-electron chi connectivity index (χ2n) is 5.88. The third kappa shape index (κ3) is 7.32. The zero-order valence-electron chi connectivity index (χ0n) is 14.5. The van der Waals surface area contributed by atoms with E-state index in [-0.39, 0.29) is 12.8 Å². The van der Waals surface area contributed by atoms with Crippen molar-refractivity contribution in [3.63, 3.8) is 0 Å². The van der Waals surface area contributed by atoms with Crippen LogP contribution in [0.1, 0.15) is 38.2 Å². The van der Waals surface area contributed by atoms with Crippen molar-refractivity contribution in [3.05, 3.63) is 35.9 Å². The minimum Gasteiger partial charge on any atom is -0.480 e. The van der Waals surface area contributed by atoms with Gasteiger partial charge in [-0.25, -0.2) is 4.79 Å². The molecule has 144 valence electrons. The normalized spacial score (nSPS) is 12.4. The Morgan fingerprint density at radius 3 is 2.19 bits per heavy atom. The van der Waals surface area contributed by atoms with E-state index >= 15 is 0 Å². The first-order valence-corrected chi connectivity index (χ1v) is 9.83. The number of hydrogen-bond donors (Lipinski definition) is 2. The Balaban J connectivity index is 3.11. The summed E-state index contributed by atoms with van der Waals surface area (Å²) >= 11 is 0. The third-order valence-electron chi connectivity index (χ3n) is 3.69. The van der Waals surface area contributed by atoms with Crippen LogP contribution < -0.4 is 0 Å². The molecule has 26 heavy (non-hydrogen) atoms. The Hall–Kier alpha value is -2.26. The summed E-state index contributed by atoms with van der Waals surface area (Å²) in [5.74, 6) is -4.51. The number of benzene rings is 1. The molecule has 9 heteroatoms. The van der Waals surface area contributed by atoms with Crippen LogP contribution in [0.4, 0.5) is 0 Å². The summed E-state index contributed by atoms with van der Waals surface area (Å²) in [6.07, 6.45) is 1.64. The molecular formula is C17H23NO7S. The standard InChI is InChI=1S/C17H23NO7S/c1-2-3-5-10-15(19)18(14(17(21)22)12-26(23,24)25)16(20)11-13-8-6-4-7-9-13/h4,6-9,14H,2-3,5,10-12H2,1H3,(H,21,22)(H,23,24,25)/t14-/m0/s1. The molecular weight excluding hydrogens is 362 g/mol. The van der Waals surface area contributed by atoms with E-state index in [1.165, 1.54) is 0 Å². The van der Waals surface area contributed by atoms with Gasteiger partial charge in [0.2, 0.25) is 11.8 Å². The predicted octanol–water partition coefficient (Wildman–Crippen LogP) is 1.51. The first kappa shape index (κ1) is 21.8. The van der Waals surface area contributed by atoms with Gasteiger partial charge in [-0.3, -0.25) is 19.0 Å². The number of unbranched alkanes of at least 4 members (excludes halogenated alkanes) is 2. The van der Waals surface area contributed by atoms with Crippen LogP contribution >= 0.6 is 0 Å². The van der Waals surface area contributed by atoms with Gasteiger partial charge in [0.25, 0.3) is 10.1 Å². The molecule has 0 aliphatic carbocycles. The van der Waals surface area contributed by atoms with Crippen molar-refractivity contribution in [2.75, 3.05) is 5.75 Å². The van der Waals surface area contributed by atoms with Gasteiger partial charge in [0.1, 0.15) is 5.75 Å². The number of hydrogen-bond acceptors (Lipinski definition) is 5. The van der Waals surface area contributed by atoms with Gasteiger partial charge < -0.3 is 5.11 Å². The van der Waals surface area contributed by atoms with Crippen LogP contribution in [-0.4, -0.2) is 52.6 Å². The largest absolute Gasteiger partial charge is 0.480 e. The average molecular weight is 385 g/mol. The molecule has 0 unspecified atom stereocenters. The number of aliphatic carboxylic acids is 1. The molecule has 0 aliphatic heterocycles. The Bertz CT molecular complexity index is 731. The molecule has 0 spiro atoms. The number of carbonyl (C=O) groups is 3. The molecule has 0 bridgehead atoms. The molecule has 1 aromatic rings. The van der Waals surface area contributed by atoms with Gasteiger partial charge in [-0.1, -0.05) is 50.1 Å². The van der Waals surface area contributed by atoms with Gasteiger partial charge in [-0.15, -0.1) is 0 Å². The number of nitrogens with zero attached hydrogens (tertiary/aromatic N) is 1. The third-order valence-corrected chi connectivity index (χ3v) is 4.43. The monoisotopic (exact) mass is 385 g/mol. The predicted molar refractivity (Wildman–Crippen MR) is 94.0 cm³/mol. The molecule has 0 heterocycles. The lowest BCUT2D eigenvalue weighted by atomic mass is 10.1. The summed E-state index contributed by atoms with van der Waals surface area (Å²) in [7, 11) is -4.71. The van der Waals surface area contributed by atoms with Gasteiger partial charge >= 0.3 is 5.97 Å². The van der Waals surface area contributed by atoms with E-state index in [1.54, 1.807) is 30.3 Å². The molecule has 8 nitrogen and oxygen atoms in total. The van der Waals surface area contributed by atoms with Crippen LogP contribution in [0.25, 0.3) is 0 Å². The molecule has 1 atom stereocenters. The number of carbonyl (C=O) groups excluding carboxylic acids is 2. The Kier molecular flexibility index (Phi) is 8.40. The molecule has 2 N–H and O–H groups in total. The highest BCUT2D eigenvalue weighted by atomic mass is 32.2. The lowest BCUT2D eigenvalue weighted by Crippen LogP contribution is -2.52. The van der Waals surface area contributed by atoms with Crippen molar-refractivity contribution < 1.29 is 32.5 Å². The van der Waals surface area contributed by atoms with Crippen LogP contribution in [0.2, 0.25) is 0 Å². The second kappa shape index (κ2) is 10.0. The molecule has 0 fully saturated rings. The fraction of sp³-hybridized carbons (Fsp3) is 0.471. The SMILES string of the molecule is CCCCCC(=O)N(C(=O)Cc1ccccc1)[C@@H](CS(=O)(=O)O)C(=O)O. The van der Waals surface area contributed by atoms with E-state index in [9.17, 15) is 27.9 Å². The Morgan fingerprint density at radius 1 is 1.08 bits per heavy atom. The van der Waals surface area contributed by atoms with Crippen LogP contribution in [0.3, 0.4) is 0 Å². The van der Waals surface area contributed by atoms with Crippen molar-refractivity contribution in [1.29, 1.82) is 0 Å². The quantitative estimate of drug-likeness (QED) is 0.461. The van der Waals surface area contributed by atoms with Gasteiger partial charge in [0, 0.05) is 6.42 Å². The maximum atomic E-state index is 12.6. The van der Waals surface area contributed by atoms with E-state index in [2.05, 4.69) is 0 Å². The molecule has 0 aromatic heterocycles. The minimum atomic E-state index is -4.71. The van der Waals surface area contributed by atoms with Gasteiger partial charge in [0.15, 0.2) is 6.04 Å². The summed E-state index contributed by atoms with van der Waals surface area (Å²) in [4.78, 5) is 37.0. The van der Waals surface area contributed by atoms with Crippen LogP contribution in [0.5, 0.6) is 0 Å². The Labute approximate surface area is 152 Å². The lowest BCUT2D eigenvalue weighted by molar-refractivity contribution is -0.157. The zero-order chi connectivity index (χ0) is 19.7. The molecule has 1 rings (SSSR count). The zero-order valence-corrected chi connectivity index (χ0v) is 15.3. The van der Waals surface area contributed by atoms with Crippen LogP contribution in [0.15, 0.2) is 30.3 Å². The van der Waals surface area contributed by atoms with Crippen LogP contribution in [0, 0.1) is 0 Å². The fourth-order valence-corrected chi connectivity index (χ4v) is 3.14. The Morgan fingerprint density at radius 2 is 1.69 bits per heavy atom. The molecule has 0 saturated heterocycles. The van der Waals surface area contributed by atoms with E-state index in [1.807, 2.05) is 6.92 Å². The average Bonchev–Trinajstić information content (AvgIpc) is 2.54. The number of amides is 2. The summed E-state index contributed by atoms with van der Waals surface area (Å²) in [5, 5.41) is 9.32. The smallest absolute Gasteiger partial charge is 0.328 e. The molecule has 0 aliphatic rings. The number of imide groups is 1. The van der Waals surface area contributed by atoms with Crippen molar-refractivity contribution in [1.82, 2.24) is 4.90 Å². The van der Waals surface area contributed by atoms with Crippen molar-refractivity contribution in [2.24, 2.45) is 0 Å². The first-order valence-electron chi connectivity index (χ1n) is 8.22. The highest BCUT2D eigenvalue weighted by molar-refractivity contribution is 7.85. The van der Waals surface area contributed by atoms with E-state index in [0.717, 1.165) is 6.42 Å². The topological polar surface area (TPSA) is 129 Å². The molecule has 0 radical (unpaired) electrons. The minimum absolute atomic E-state index is 0.0797. The van der Waals surface area contributed by atoms with Crippen molar-refractivity contribution >= 4 is 27.9 Å². The lowest BCUT2D eigenvalue weighted by Gasteiger charge is -2.26. The van der Waals surface area contributed by atoms with E-state index < -0.39 is 39.7 Å². The highest BCUT2D eigenvalue weighted by Gasteiger charge is 2.37. The summed E-state index contributed by atoms with van der Waals surface area (Å²) in [6, 6.07) is 6.40.